The molecule has 1 amide bonds. The summed E-state index contributed by atoms with van der Waals surface area (Å²) in [5, 5.41) is 3.09. The molecule has 0 unspecified atom stereocenters. The lowest BCUT2D eigenvalue weighted by Crippen LogP contribution is -2.32. The number of allylic oxidation sites excluding steroid dienone is 2. The van der Waals surface area contributed by atoms with E-state index in [-0.39, 0.29) is 11.8 Å². The van der Waals surface area contributed by atoms with Crippen LogP contribution in [-0.2, 0) is 11.3 Å². The molecule has 0 radical (unpaired) electrons. The quantitative estimate of drug-likeness (QED) is 0.853. The van der Waals surface area contributed by atoms with Gasteiger partial charge in [0.15, 0.2) is 0 Å². The highest BCUT2D eigenvalue weighted by Gasteiger charge is 2.39. The zero-order chi connectivity index (χ0) is 14.1. The second-order valence-electron chi connectivity index (χ2n) is 6.17. The molecule has 0 aliphatic heterocycles. The van der Waals surface area contributed by atoms with E-state index in [0.717, 1.165) is 12.0 Å². The minimum absolute atomic E-state index is 0.200. The van der Waals surface area contributed by atoms with Crippen LogP contribution in [0.5, 0.6) is 0 Å². The largest absolute Gasteiger partial charge is 0.378 e. The molecule has 106 valence electrons. The molecule has 1 N–H and O–H groups in total. The predicted octanol–water partition coefficient (Wildman–Crippen LogP) is 2.58. The molecule has 1 saturated carbocycles. The zero-order valence-corrected chi connectivity index (χ0v) is 12.2. The van der Waals surface area contributed by atoms with Gasteiger partial charge in [0, 0.05) is 32.2 Å². The third-order valence-corrected chi connectivity index (χ3v) is 4.54. The lowest BCUT2D eigenvalue weighted by molar-refractivity contribution is -0.125. The van der Waals surface area contributed by atoms with Crippen molar-refractivity contribution in [3.8, 4) is 0 Å². The molecule has 0 aromatic heterocycles. The van der Waals surface area contributed by atoms with Crippen LogP contribution >= 0.6 is 0 Å². The van der Waals surface area contributed by atoms with Gasteiger partial charge in [-0.05, 0) is 42.4 Å². The summed E-state index contributed by atoms with van der Waals surface area (Å²) in [6, 6.07) is 8.33. The molecule has 2 aliphatic rings. The number of nitrogens with zero attached hydrogens (tertiary/aromatic N) is 1. The second-order valence-corrected chi connectivity index (χ2v) is 6.17. The van der Waals surface area contributed by atoms with Crippen molar-refractivity contribution in [2.24, 2.45) is 17.8 Å². The van der Waals surface area contributed by atoms with Gasteiger partial charge >= 0.3 is 0 Å². The Morgan fingerprint density at radius 1 is 1.20 bits per heavy atom. The van der Waals surface area contributed by atoms with E-state index in [1.54, 1.807) is 0 Å². The van der Waals surface area contributed by atoms with Crippen molar-refractivity contribution in [2.75, 3.05) is 19.0 Å². The van der Waals surface area contributed by atoms with Crippen LogP contribution in [0.3, 0.4) is 0 Å². The van der Waals surface area contributed by atoms with Crippen molar-refractivity contribution in [1.29, 1.82) is 0 Å². The first kappa shape index (κ1) is 13.2. The number of nitrogens with one attached hydrogen (secondary N) is 1. The van der Waals surface area contributed by atoms with Crippen LogP contribution in [0.25, 0.3) is 0 Å². The summed E-state index contributed by atoms with van der Waals surface area (Å²) in [5.41, 5.74) is 2.33. The number of amides is 1. The third kappa shape index (κ3) is 2.58. The Morgan fingerprint density at radius 2 is 1.95 bits per heavy atom. The van der Waals surface area contributed by atoms with Gasteiger partial charge in [0.05, 0.1) is 0 Å². The molecule has 1 fully saturated rings. The third-order valence-electron chi connectivity index (χ3n) is 4.54. The molecule has 3 rings (SSSR count). The topological polar surface area (TPSA) is 32.3 Å². The summed E-state index contributed by atoms with van der Waals surface area (Å²) in [4.78, 5) is 14.3. The Bertz CT molecular complexity index is 518. The molecule has 0 saturated heterocycles. The number of hydrogen-bond donors (Lipinski definition) is 1. The smallest absolute Gasteiger partial charge is 0.223 e. The van der Waals surface area contributed by atoms with E-state index < -0.39 is 0 Å². The van der Waals surface area contributed by atoms with E-state index in [0.29, 0.717) is 18.4 Å². The van der Waals surface area contributed by atoms with Crippen LogP contribution in [0.15, 0.2) is 36.4 Å². The van der Waals surface area contributed by atoms with Crippen molar-refractivity contribution in [3.05, 3.63) is 42.0 Å². The number of rotatable bonds is 4. The van der Waals surface area contributed by atoms with Crippen molar-refractivity contribution in [2.45, 2.75) is 19.4 Å². The Labute approximate surface area is 120 Å². The highest BCUT2D eigenvalue weighted by Crippen LogP contribution is 2.43. The molecule has 1 aromatic rings. The lowest BCUT2D eigenvalue weighted by Gasteiger charge is -2.18. The predicted molar refractivity (Wildman–Crippen MR) is 81.5 cm³/mol. The van der Waals surface area contributed by atoms with E-state index >= 15 is 0 Å². The lowest BCUT2D eigenvalue weighted by atomic mass is 9.93. The van der Waals surface area contributed by atoms with Gasteiger partial charge in [0.1, 0.15) is 0 Å². The minimum atomic E-state index is 0.200. The van der Waals surface area contributed by atoms with Crippen LogP contribution in [0, 0.1) is 17.8 Å². The minimum Gasteiger partial charge on any atom is -0.378 e. The molecule has 3 atom stereocenters. The van der Waals surface area contributed by atoms with E-state index in [2.05, 4.69) is 46.6 Å². The average Bonchev–Trinajstić information content (AvgIpc) is 3.08. The maximum atomic E-state index is 12.2. The van der Waals surface area contributed by atoms with Gasteiger partial charge in [0.2, 0.25) is 5.91 Å². The van der Waals surface area contributed by atoms with Gasteiger partial charge in [-0.3, -0.25) is 4.79 Å². The fraction of sp³-hybridized carbons (Fsp3) is 0.471. The van der Waals surface area contributed by atoms with E-state index in [1.165, 1.54) is 12.1 Å². The molecule has 20 heavy (non-hydrogen) atoms. The Kier molecular flexibility index (Phi) is 3.51. The maximum absolute atomic E-state index is 12.2. The molecule has 3 heteroatoms. The van der Waals surface area contributed by atoms with Crippen molar-refractivity contribution in [1.82, 2.24) is 5.32 Å². The highest BCUT2D eigenvalue weighted by molar-refractivity contribution is 5.80. The van der Waals surface area contributed by atoms with Crippen molar-refractivity contribution >= 4 is 11.6 Å². The number of fused-ring (bicyclic) bond motifs is 2. The molecule has 2 bridgehead atoms. The molecule has 1 aromatic carbocycles. The molecule has 3 nitrogen and oxygen atoms in total. The van der Waals surface area contributed by atoms with Gasteiger partial charge in [-0.15, -0.1) is 0 Å². The van der Waals surface area contributed by atoms with Crippen LogP contribution in [0.2, 0.25) is 0 Å². The van der Waals surface area contributed by atoms with Gasteiger partial charge in [-0.25, -0.2) is 0 Å². The first-order valence-electron chi connectivity index (χ1n) is 7.36. The first-order valence-corrected chi connectivity index (χ1v) is 7.36. The number of benzene rings is 1. The summed E-state index contributed by atoms with van der Waals surface area (Å²) in [5.74, 6) is 1.55. The van der Waals surface area contributed by atoms with Gasteiger partial charge in [-0.1, -0.05) is 24.3 Å². The van der Waals surface area contributed by atoms with Crippen molar-refractivity contribution < 1.29 is 4.79 Å². The number of carbonyl (C=O) groups is 1. The fourth-order valence-electron chi connectivity index (χ4n) is 3.31. The average molecular weight is 270 g/mol. The molecular weight excluding hydrogens is 248 g/mol. The molecule has 2 aliphatic carbocycles. The highest BCUT2D eigenvalue weighted by atomic mass is 16.1. The van der Waals surface area contributed by atoms with E-state index in [9.17, 15) is 4.79 Å². The standard InChI is InChI=1S/C17H22N2O/c1-19(2)15-7-4-12(5-8-15)11-18-17(20)16-10-13-3-6-14(16)9-13/h3-8,13-14,16H,9-11H2,1-2H3,(H,18,20)/t13-,14-,16-/m0/s1. The Hall–Kier alpha value is -1.77. The Morgan fingerprint density at radius 3 is 2.50 bits per heavy atom. The van der Waals surface area contributed by atoms with Crippen LogP contribution in [0.4, 0.5) is 5.69 Å². The van der Waals surface area contributed by atoms with Crippen LogP contribution in [0.1, 0.15) is 18.4 Å². The van der Waals surface area contributed by atoms with Gasteiger partial charge < -0.3 is 10.2 Å². The molecule has 0 heterocycles. The monoisotopic (exact) mass is 270 g/mol. The van der Waals surface area contributed by atoms with Gasteiger partial charge in [0.25, 0.3) is 0 Å². The summed E-state index contributed by atoms with van der Waals surface area (Å²) in [7, 11) is 4.05. The summed E-state index contributed by atoms with van der Waals surface area (Å²) >= 11 is 0. The number of hydrogen-bond acceptors (Lipinski definition) is 2. The van der Waals surface area contributed by atoms with Gasteiger partial charge in [-0.2, -0.15) is 0 Å². The number of carbonyl (C=O) groups excluding carboxylic acids is 1. The first-order chi connectivity index (χ1) is 9.63. The number of anilines is 1. The van der Waals surface area contributed by atoms with Crippen LogP contribution in [-0.4, -0.2) is 20.0 Å². The van der Waals surface area contributed by atoms with E-state index in [4.69, 9.17) is 0 Å². The van der Waals surface area contributed by atoms with E-state index in [1.807, 2.05) is 14.1 Å². The Balaban J connectivity index is 1.54. The molecular formula is C17H22N2O. The zero-order valence-electron chi connectivity index (χ0n) is 12.2. The normalized spacial score (nSPS) is 26.8. The summed E-state index contributed by atoms with van der Waals surface area (Å²) in [6.45, 7) is 0.629. The van der Waals surface area contributed by atoms with Crippen LogP contribution < -0.4 is 10.2 Å². The SMILES string of the molecule is CN(C)c1ccc(CNC(=O)[C@H]2C[C@H]3C=C[C@H]2C3)cc1. The maximum Gasteiger partial charge on any atom is 0.223 e. The summed E-state index contributed by atoms with van der Waals surface area (Å²) in [6.07, 6.45) is 6.71. The molecule has 0 spiro atoms. The second kappa shape index (κ2) is 5.31. The summed E-state index contributed by atoms with van der Waals surface area (Å²) < 4.78 is 0. The fourth-order valence-corrected chi connectivity index (χ4v) is 3.31. The van der Waals surface area contributed by atoms with Crippen molar-refractivity contribution in [3.63, 3.8) is 0 Å².